The number of hydrogen-bond donors (Lipinski definition) is 1. The van der Waals surface area contributed by atoms with Crippen molar-refractivity contribution in [1.82, 2.24) is 4.98 Å². The van der Waals surface area contributed by atoms with E-state index in [1.54, 1.807) is 5.57 Å². The molecule has 0 amide bonds. The van der Waals surface area contributed by atoms with E-state index in [0.717, 1.165) is 23.0 Å². The van der Waals surface area contributed by atoms with Crippen molar-refractivity contribution in [2.75, 3.05) is 11.9 Å². The first-order valence-electron chi connectivity index (χ1n) is 10.8. The van der Waals surface area contributed by atoms with Gasteiger partial charge in [-0.15, -0.1) is 0 Å². The van der Waals surface area contributed by atoms with Crippen molar-refractivity contribution in [1.29, 1.82) is 0 Å². The first kappa shape index (κ1) is 19.3. The average molecular weight is 357 g/mol. The fourth-order valence-corrected chi connectivity index (χ4v) is 4.61. The van der Waals surface area contributed by atoms with E-state index in [9.17, 15) is 0 Å². The molecule has 1 heterocycles. The second-order valence-corrected chi connectivity index (χ2v) is 8.01. The number of nitrogens with one attached hydrogen (secondary N) is 1. The van der Waals surface area contributed by atoms with Crippen LogP contribution in [0, 0.1) is 12.8 Å². The maximum absolute atomic E-state index is 5.86. The molecule has 0 radical (unpaired) electrons. The van der Waals surface area contributed by atoms with E-state index in [1.807, 2.05) is 20.0 Å². The van der Waals surface area contributed by atoms with Crippen molar-refractivity contribution in [2.24, 2.45) is 5.92 Å². The molecule has 1 N–H and O–H groups in total. The van der Waals surface area contributed by atoms with Crippen LogP contribution in [0.1, 0.15) is 83.2 Å². The molecule has 144 valence electrons. The summed E-state index contributed by atoms with van der Waals surface area (Å²) in [6.45, 7) is 4.74. The molecule has 1 atom stereocenters. The molecule has 1 aromatic heterocycles. The quantitative estimate of drug-likeness (QED) is 0.572. The number of aromatic nitrogens is 1. The summed E-state index contributed by atoms with van der Waals surface area (Å²) < 4.78 is 5.86. The van der Waals surface area contributed by atoms with Crippen LogP contribution in [0.3, 0.4) is 0 Å². The number of anilines is 1. The Morgan fingerprint density at radius 2 is 1.96 bits per heavy atom. The summed E-state index contributed by atoms with van der Waals surface area (Å²) >= 11 is 0. The molecule has 3 heteroatoms. The van der Waals surface area contributed by atoms with E-state index < -0.39 is 0 Å². The van der Waals surface area contributed by atoms with Crippen LogP contribution in [0.15, 0.2) is 23.9 Å². The number of hydrogen-bond acceptors (Lipinski definition) is 3. The predicted molar refractivity (Wildman–Crippen MR) is 110 cm³/mol. The van der Waals surface area contributed by atoms with Crippen molar-refractivity contribution >= 4 is 5.69 Å². The molecule has 2 aliphatic rings. The number of rotatable bonds is 7. The van der Waals surface area contributed by atoms with Crippen molar-refractivity contribution in [3.05, 3.63) is 29.6 Å². The second kappa shape index (κ2) is 9.99. The molecule has 26 heavy (non-hydrogen) atoms. The largest absolute Gasteiger partial charge is 0.490 e. The van der Waals surface area contributed by atoms with Gasteiger partial charge in [0.25, 0.3) is 0 Å². The van der Waals surface area contributed by atoms with Gasteiger partial charge in [0, 0.05) is 12.2 Å². The Hall–Kier alpha value is -1.51. The van der Waals surface area contributed by atoms with E-state index >= 15 is 0 Å². The summed E-state index contributed by atoms with van der Waals surface area (Å²) in [5.74, 6) is 1.89. The molecule has 2 fully saturated rings. The third-order valence-corrected chi connectivity index (χ3v) is 6.06. The second-order valence-electron chi connectivity index (χ2n) is 8.01. The van der Waals surface area contributed by atoms with Gasteiger partial charge in [-0.1, -0.05) is 50.2 Å². The van der Waals surface area contributed by atoms with Gasteiger partial charge in [0.2, 0.25) is 0 Å². The Balaban J connectivity index is 1.63. The maximum Gasteiger partial charge on any atom is 0.163 e. The van der Waals surface area contributed by atoms with Gasteiger partial charge >= 0.3 is 0 Å². The van der Waals surface area contributed by atoms with Gasteiger partial charge in [0.15, 0.2) is 5.75 Å². The number of nitrogens with zero attached hydrogens (tertiary/aromatic N) is 1. The van der Waals surface area contributed by atoms with Gasteiger partial charge in [0.05, 0.1) is 18.0 Å². The minimum atomic E-state index is 0.455. The van der Waals surface area contributed by atoms with E-state index in [0.29, 0.717) is 12.6 Å². The fourth-order valence-electron chi connectivity index (χ4n) is 4.61. The molecule has 0 bridgehead atoms. The molecular weight excluding hydrogens is 320 g/mol. The Kier molecular flexibility index (Phi) is 7.40. The summed E-state index contributed by atoms with van der Waals surface area (Å²) in [6, 6.07) is 2.52. The molecule has 3 nitrogen and oxygen atoms in total. The standard InChI is InChI=1S/C23H36N2O/c1-3-26-23-18(2)24-17-16-22(23)25-21-15-8-7-13-20(21)14-9-12-19-10-5-4-6-11-19/h14,16-17,19,21H,3-13,15H2,1-2H3,(H,24,25)/b20-14+. The molecule has 2 saturated carbocycles. The van der Waals surface area contributed by atoms with Crippen LogP contribution < -0.4 is 10.1 Å². The maximum atomic E-state index is 5.86. The lowest BCUT2D eigenvalue weighted by Gasteiger charge is -2.29. The lowest BCUT2D eigenvalue weighted by molar-refractivity contribution is 0.337. The molecule has 0 aliphatic heterocycles. The van der Waals surface area contributed by atoms with Crippen molar-refractivity contribution < 1.29 is 4.74 Å². The molecular formula is C23H36N2O. The van der Waals surface area contributed by atoms with E-state index in [4.69, 9.17) is 4.74 Å². The SMILES string of the molecule is CCOc1c(NC2CCCC/C2=C\CCC2CCCCC2)ccnc1C. The smallest absolute Gasteiger partial charge is 0.163 e. The Labute approximate surface area is 159 Å². The topological polar surface area (TPSA) is 34.1 Å². The zero-order valence-corrected chi connectivity index (χ0v) is 16.7. The highest BCUT2D eigenvalue weighted by atomic mass is 16.5. The minimum absolute atomic E-state index is 0.455. The van der Waals surface area contributed by atoms with Gasteiger partial charge in [-0.25, -0.2) is 0 Å². The Morgan fingerprint density at radius 1 is 1.15 bits per heavy atom. The molecule has 0 saturated heterocycles. The summed E-state index contributed by atoms with van der Waals surface area (Å²) in [6.07, 6.45) is 19.5. The summed E-state index contributed by atoms with van der Waals surface area (Å²) in [4.78, 5) is 4.39. The number of ether oxygens (including phenoxy) is 1. The monoisotopic (exact) mass is 356 g/mol. The zero-order valence-electron chi connectivity index (χ0n) is 16.7. The predicted octanol–water partition coefficient (Wildman–Crippen LogP) is 6.43. The van der Waals surface area contributed by atoms with Crippen molar-refractivity contribution in [2.45, 2.75) is 90.5 Å². The first-order chi connectivity index (χ1) is 12.8. The van der Waals surface area contributed by atoms with E-state index in [2.05, 4.69) is 22.4 Å². The van der Waals surface area contributed by atoms with Gasteiger partial charge in [-0.05, 0) is 57.9 Å². The number of pyridine rings is 1. The first-order valence-corrected chi connectivity index (χ1v) is 10.8. The lowest BCUT2D eigenvalue weighted by atomic mass is 9.84. The highest BCUT2D eigenvalue weighted by Crippen LogP contribution is 2.33. The molecule has 1 aromatic rings. The molecule has 0 spiro atoms. The third-order valence-electron chi connectivity index (χ3n) is 6.06. The molecule has 1 unspecified atom stereocenters. The van der Waals surface area contributed by atoms with Crippen LogP contribution in [-0.2, 0) is 0 Å². The Morgan fingerprint density at radius 3 is 2.77 bits per heavy atom. The molecule has 0 aromatic carbocycles. The van der Waals surface area contributed by atoms with Crippen LogP contribution in [0.5, 0.6) is 5.75 Å². The normalized spacial score (nSPS) is 23.2. The number of allylic oxidation sites excluding steroid dienone is 1. The van der Waals surface area contributed by atoms with Crippen LogP contribution in [0.2, 0.25) is 0 Å². The average Bonchev–Trinajstić information content (AvgIpc) is 2.67. The van der Waals surface area contributed by atoms with Crippen LogP contribution in [0.25, 0.3) is 0 Å². The van der Waals surface area contributed by atoms with Gasteiger partial charge in [-0.2, -0.15) is 0 Å². The van der Waals surface area contributed by atoms with Gasteiger partial charge < -0.3 is 10.1 Å². The highest BCUT2D eigenvalue weighted by Gasteiger charge is 2.21. The zero-order chi connectivity index (χ0) is 18.2. The summed E-state index contributed by atoms with van der Waals surface area (Å²) in [5, 5.41) is 3.78. The van der Waals surface area contributed by atoms with Crippen LogP contribution >= 0.6 is 0 Å². The highest BCUT2D eigenvalue weighted by molar-refractivity contribution is 5.59. The van der Waals surface area contributed by atoms with Crippen molar-refractivity contribution in [3.63, 3.8) is 0 Å². The van der Waals surface area contributed by atoms with E-state index in [1.165, 1.54) is 70.6 Å². The Bertz CT molecular complexity index is 590. The van der Waals surface area contributed by atoms with Crippen LogP contribution in [-0.4, -0.2) is 17.6 Å². The van der Waals surface area contributed by atoms with Crippen LogP contribution in [0.4, 0.5) is 5.69 Å². The minimum Gasteiger partial charge on any atom is -0.490 e. The lowest BCUT2D eigenvalue weighted by Crippen LogP contribution is -2.26. The van der Waals surface area contributed by atoms with E-state index in [-0.39, 0.29) is 0 Å². The van der Waals surface area contributed by atoms with Gasteiger partial charge in [0.1, 0.15) is 0 Å². The summed E-state index contributed by atoms with van der Waals surface area (Å²) in [5.41, 5.74) is 3.68. The summed E-state index contributed by atoms with van der Waals surface area (Å²) in [7, 11) is 0. The molecule has 3 rings (SSSR count). The number of aryl methyl sites for hydroxylation is 1. The fraction of sp³-hybridized carbons (Fsp3) is 0.696. The third kappa shape index (κ3) is 5.25. The molecule has 2 aliphatic carbocycles. The van der Waals surface area contributed by atoms with Gasteiger partial charge in [-0.3, -0.25) is 4.98 Å². The van der Waals surface area contributed by atoms with Crippen molar-refractivity contribution in [3.8, 4) is 5.75 Å².